The molecule has 0 aromatic carbocycles. The highest BCUT2D eigenvalue weighted by atomic mass is 14.3. The molecule has 19 heavy (non-hydrogen) atoms. The minimum absolute atomic E-state index is 0.525. The fourth-order valence-electron chi connectivity index (χ4n) is 3.27. The number of rotatable bonds is 0. The summed E-state index contributed by atoms with van der Waals surface area (Å²) in [5.74, 6) is 1.67. The highest BCUT2D eigenvalue weighted by molar-refractivity contribution is 5.41. The molecule has 3 unspecified atom stereocenters. The Kier molecular flexibility index (Phi) is 3.68. The van der Waals surface area contributed by atoms with Gasteiger partial charge < -0.3 is 0 Å². The van der Waals surface area contributed by atoms with Crippen LogP contribution in [0.5, 0.6) is 0 Å². The van der Waals surface area contributed by atoms with Crippen molar-refractivity contribution >= 4 is 0 Å². The van der Waals surface area contributed by atoms with Gasteiger partial charge in [0.25, 0.3) is 0 Å². The van der Waals surface area contributed by atoms with Gasteiger partial charge in [0.15, 0.2) is 0 Å². The molecule has 98 valence electrons. The number of hydrogen-bond acceptors (Lipinski definition) is 0. The quantitative estimate of drug-likeness (QED) is 0.522. The molecule has 0 aliphatic heterocycles. The maximum atomic E-state index is 2.45. The molecule has 0 radical (unpaired) electrons. The zero-order valence-corrected chi connectivity index (χ0v) is 11.6. The highest BCUT2D eigenvalue weighted by Gasteiger charge is 2.21. The largest absolute Gasteiger partial charge is 0.0845 e. The van der Waals surface area contributed by atoms with Crippen LogP contribution in [0.1, 0.15) is 26.2 Å². The van der Waals surface area contributed by atoms with Gasteiger partial charge in [-0.2, -0.15) is 0 Å². The normalized spacial score (nSPS) is 33.2. The zero-order chi connectivity index (χ0) is 13.1. The van der Waals surface area contributed by atoms with Crippen LogP contribution in [0.3, 0.4) is 0 Å². The first-order valence-electron chi connectivity index (χ1n) is 7.43. The van der Waals surface area contributed by atoms with Crippen LogP contribution in [-0.2, 0) is 0 Å². The standard InChI is InChI=1S/C19H22/c1-15-14-18-10-7-6-8-16(18)12-13-17-9-4-2-3-5-11-19(15)17/h3,5-8,10-14,16-18H,2,4,9H2,1H3. The van der Waals surface area contributed by atoms with Gasteiger partial charge in [-0.25, -0.2) is 0 Å². The summed E-state index contributed by atoms with van der Waals surface area (Å²) in [4.78, 5) is 0. The summed E-state index contributed by atoms with van der Waals surface area (Å²) < 4.78 is 0. The third kappa shape index (κ3) is 2.73. The fraction of sp³-hybridized carbons (Fsp3) is 0.368. The molecule has 3 atom stereocenters. The Bertz CT molecular complexity index is 508. The van der Waals surface area contributed by atoms with Crippen molar-refractivity contribution in [3.63, 3.8) is 0 Å². The molecule has 3 aliphatic rings. The lowest BCUT2D eigenvalue weighted by Gasteiger charge is -2.26. The van der Waals surface area contributed by atoms with Crippen molar-refractivity contribution in [2.75, 3.05) is 0 Å². The maximum absolute atomic E-state index is 2.45. The molecule has 0 fully saturated rings. The molecule has 0 N–H and O–H groups in total. The predicted octanol–water partition coefficient (Wildman–Crippen LogP) is 5.14. The summed E-state index contributed by atoms with van der Waals surface area (Å²) >= 11 is 0. The van der Waals surface area contributed by atoms with Crippen LogP contribution in [-0.4, -0.2) is 0 Å². The summed E-state index contributed by atoms with van der Waals surface area (Å²) in [6.07, 6.45) is 26.9. The molecule has 3 aliphatic carbocycles. The lowest BCUT2D eigenvalue weighted by atomic mass is 9.78. The Morgan fingerprint density at radius 3 is 2.68 bits per heavy atom. The average Bonchev–Trinajstić information content (AvgIpc) is 2.37. The van der Waals surface area contributed by atoms with Crippen LogP contribution in [0, 0.1) is 17.8 Å². The SMILES string of the molecule is CC1=CC2C=CC=CC2C=CC2CCCC=CC=C12. The van der Waals surface area contributed by atoms with Crippen LogP contribution < -0.4 is 0 Å². The van der Waals surface area contributed by atoms with Crippen molar-refractivity contribution in [3.8, 4) is 0 Å². The molecular weight excluding hydrogens is 228 g/mol. The van der Waals surface area contributed by atoms with E-state index in [9.17, 15) is 0 Å². The van der Waals surface area contributed by atoms with Crippen molar-refractivity contribution in [1.82, 2.24) is 0 Å². The molecule has 0 heteroatoms. The molecule has 0 spiro atoms. The van der Waals surface area contributed by atoms with Gasteiger partial charge in [-0.1, -0.05) is 66.3 Å². The van der Waals surface area contributed by atoms with E-state index >= 15 is 0 Å². The average molecular weight is 250 g/mol. The smallest absolute Gasteiger partial charge is 0.00532 e. The molecule has 0 heterocycles. The molecule has 0 bridgehead atoms. The predicted molar refractivity (Wildman–Crippen MR) is 82.7 cm³/mol. The molecule has 0 aromatic heterocycles. The maximum Gasteiger partial charge on any atom is 0.00532 e. The summed E-state index contributed by atoms with van der Waals surface area (Å²) in [6, 6.07) is 0. The van der Waals surface area contributed by atoms with Crippen molar-refractivity contribution in [3.05, 3.63) is 71.9 Å². The van der Waals surface area contributed by atoms with Crippen LogP contribution in [0.15, 0.2) is 71.9 Å². The van der Waals surface area contributed by atoms with E-state index in [1.54, 1.807) is 0 Å². The minimum Gasteiger partial charge on any atom is -0.0845 e. The van der Waals surface area contributed by atoms with Crippen molar-refractivity contribution < 1.29 is 0 Å². The van der Waals surface area contributed by atoms with E-state index in [1.807, 2.05) is 0 Å². The Labute approximate surface area is 116 Å². The summed E-state index contributed by atoms with van der Waals surface area (Å²) in [7, 11) is 0. The zero-order valence-electron chi connectivity index (χ0n) is 11.6. The molecule has 3 rings (SSSR count). The first-order chi connectivity index (χ1) is 9.34. The Hall–Kier alpha value is -1.56. The molecule has 0 saturated carbocycles. The summed E-state index contributed by atoms with van der Waals surface area (Å²) in [5.41, 5.74) is 2.96. The monoisotopic (exact) mass is 250 g/mol. The molecule has 0 nitrogen and oxygen atoms in total. The van der Waals surface area contributed by atoms with Gasteiger partial charge >= 0.3 is 0 Å². The number of hydrogen-bond donors (Lipinski definition) is 0. The number of fused-ring (bicyclic) bond motifs is 2. The van der Waals surface area contributed by atoms with E-state index in [0.717, 1.165) is 0 Å². The second-order valence-electron chi connectivity index (χ2n) is 5.75. The van der Waals surface area contributed by atoms with Gasteiger partial charge in [0, 0.05) is 17.8 Å². The van der Waals surface area contributed by atoms with Crippen LogP contribution >= 0.6 is 0 Å². The third-order valence-electron chi connectivity index (χ3n) is 4.38. The van der Waals surface area contributed by atoms with Crippen LogP contribution in [0.25, 0.3) is 0 Å². The van der Waals surface area contributed by atoms with Gasteiger partial charge in [0.2, 0.25) is 0 Å². The Balaban J connectivity index is 1.99. The first-order valence-corrected chi connectivity index (χ1v) is 7.43. The summed E-state index contributed by atoms with van der Waals surface area (Å²) in [5, 5.41) is 0. The lowest BCUT2D eigenvalue weighted by Crippen LogP contribution is -2.14. The van der Waals surface area contributed by atoms with Gasteiger partial charge in [0.05, 0.1) is 0 Å². The van der Waals surface area contributed by atoms with Crippen molar-refractivity contribution in [1.29, 1.82) is 0 Å². The fourth-order valence-corrected chi connectivity index (χ4v) is 3.27. The third-order valence-corrected chi connectivity index (χ3v) is 4.38. The van der Waals surface area contributed by atoms with E-state index in [2.05, 4.69) is 67.7 Å². The van der Waals surface area contributed by atoms with Gasteiger partial charge in [0.1, 0.15) is 0 Å². The topological polar surface area (TPSA) is 0 Å². The van der Waals surface area contributed by atoms with Gasteiger partial charge in [-0.05, 0) is 31.8 Å². The minimum atomic E-state index is 0.525. The Morgan fingerprint density at radius 1 is 0.947 bits per heavy atom. The molecule has 0 aromatic rings. The number of allylic oxidation sites excluding steroid dienone is 12. The molecule has 0 saturated heterocycles. The second-order valence-corrected chi connectivity index (χ2v) is 5.75. The van der Waals surface area contributed by atoms with Gasteiger partial charge in [-0.15, -0.1) is 0 Å². The lowest BCUT2D eigenvalue weighted by molar-refractivity contribution is 0.601. The van der Waals surface area contributed by atoms with E-state index in [-0.39, 0.29) is 0 Å². The van der Waals surface area contributed by atoms with E-state index in [4.69, 9.17) is 0 Å². The Morgan fingerprint density at radius 2 is 1.79 bits per heavy atom. The molecular formula is C19H22. The van der Waals surface area contributed by atoms with E-state index < -0.39 is 0 Å². The van der Waals surface area contributed by atoms with Gasteiger partial charge in [-0.3, -0.25) is 0 Å². The second kappa shape index (κ2) is 5.61. The highest BCUT2D eigenvalue weighted by Crippen LogP contribution is 2.34. The van der Waals surface area contributed by atoms with Crippen LogP contribution in [0.4, 0.5) is 0 Å². The van der Waals surface area contributed by atoms with Crippen molar-refractivity contribution in [2.45, 2.75) is 26.2 Å². The van der Waals surface area contributed by atoms with Crippen LogP contribution in [0.2, 0.25) is 0 Å². The first kappa shape index (κ1) is 12.5. The van der Waals surface area contributed by atoms with E-state index in [0.29, 0.717) is 17.8 Å². The van der Waals surface area contributed by atoms with Crippen molar-refractivity contribution in [2.24, 2.45) is 17.8 Å². The van der Waals surface area contributed by atoms with E-state index in [1.165, 1.54) is 30.4 Å². The molecule has 0 amide bonds. The summed E-state index contributed by atoms with van der Waals surface area (Å²) in [6.45, 7) is 2.27.